The Kier molecular flexibility index (Phi) is 8.82. The van der Waals surface area contributed by atoms with Crippen molar-refractivity contribution in [3.8, 4) is 118 Å². The van der Waals surface area contributed by atoms with Crippen molar-refractivity contribution in [1.29, 1.82) is 0 Å². The van der Waals surface area contributed by atoms with Crippen LogP contribution in [0.5, 0.6) is 11.5 Å². The second-order valence-electron chi connectivity index (χ2n) is 22.5. The molecule has 0 aliphatic heterocycles. The third-order valence-electron chi connectivity index (χ3n) is 15.7. The molecule has 0 radical (unpaired) electrons. The molecule has 3 aromatic heterocycles. The summed E-state index contributed by atoms with van der Waals surface area (Å²) in [5.74, 6) is 0.0239. The van der Waals surface area contributed by atoms with Crippen LogP contribution in [0.1, 0.15) is 78.5 Å². The van der Waals surface area contributed by atoms with Gasteiger partial charge in [0.15, 0.2) is 0 Å². The summed E-state index contributed by atoms with van der Waals surface area (Å²) in [5.41, 5.74) is -7.57. The molecule has 0 amide bonds. The number of fused-ring (bicyclic) bond motifs is 4. The largest absolute Gasteiger partial charge is 0.510 e. The van der Waals surface area contributed by atoms with Gasteiger partial charge in [0.05, 0.1) is 59.2 Å². The standard InChI is InChI=1S/C89H64N4O.Pt/c1-60-48-87(90-58-82(60)66-32-18-9-19-33-66)93-83-39-21-20-36-80(83)81-46-45-77(57-85(81)93)94-76-35-22-34-75(56-76)91-59-92(84-47-42-67(55-86(84)91)65-40-43-74(44-41-65)89(2,3)4)88-78(72-51-68(61-24-10-5-11-25-61)49-69(52-72)62-26-12-6-13-27-62)37-23-38-79(88)73-53-70(63-28-14-7-15-29-63)50-71(54-73)64-30-16-8-17-31-64;/h5-55,58H,1-4H3;/q-2;/i1D3,5D,6D,7D,8D,9D,10D,11D,12D,13D,14D,15D,16D,17D,18D,19D,24D,25D,26D,27D,28D,29D,30D,31D,32D,33D,49D,50D,51D,52D,53D,54D;. The molecule has 5 nitrogen and oxygen atoms in total. The van der Waals surface area contributed by atoms with Gasteiger partial charge in [0.25, 0.3) is 6.33 Å². The van der Waals surface area contributed by atoms with Crippen molar-refractivity contribution in [3.63, 3.8) is 0 Å². The molecule has 0 saturated heterocycles. The van der Waals surface area contributed by atoms with E-state index in [4.69, 9.17) is 37.1 Å². The number of aromatic nitrogens is 4. The van der Waals surface area contributed by atoms with Gasteiger partial charge < -0.3 is 13.9 Å². The minimum absolute atomic E-state index is 0. The van der Waals surface area contributed by atoms with Gasteiger partial charge >= 0.3 is 0 Å². The number of imidazole rings is 1. The second-order valence-corrected chi connectivity index (χ2v) is 22.5. The molecule has 16 rings (SSSR count). The van der Waals surface area contributed by atoms with Gasteiger partial charge in [0.1, 0.15) is 5.82 Å². The fourth-order valence-corrected chi connectivity index (χ4v) is 11.3. The van der Waals surface area contributed by atoms with Crippen molar-refractivity contribution in [2.24, 2.45) is 0 Å². The van der Waals surface area contributed by atoms with E-state index in [1.165, 1.54) is 39.5 Å². The minimum atomic E-state index is -2.96. The van der Waals surface area contributed by atoms with Crippen molar-refractivity contribution >= 4 is 32.8 Å². The molecule has 0 saturated carbocycles. The maximum Gasteiger partial charge on any atom is 0.268 e. The van der Waals surface area contributed by atoms with E-state index in [1.54, 1.807) is 65.2 Å². The molecule has 0 atom stereocenters. The first-order valence-electron chi connectivity index (χ1n) is 46.3. The first-order chi connectivity index (χ1) is 60.2. The Labute approximate surface area is 617 Å². The molecular formula is C89H64N4OPt-2. The number of ether oxygens (including phenoxy) is 1. The van der Waals surface area contributed by atoms with E-state index in [2.05, 4.69) is 18.5 Å². The van der Waals surface area contributed by atoms with Crippen LogP contribution in [-0.2, 0) is 26.5 Å². The van der Waals surface area contributed by atoms with Gasteiger partial charge in [0.2, 0.25) is 0 Å². The molecule has 16 aromatic rings. The van der Waals surface area contributed by atoms with E-state index in [9.17, 15) is 19.2 Å². The van der Waals surface area contributed by atoms with Crippen LogP contribution in [0, 0.1) is 25.3 Å². The van der Waals surface area contributed by atoms with Gasteiger partial charge in [-0.05, 0) is 172 Å². The summed E-state index contributed by atoms with van der Waals surface area (Å²) in [4.78, 5) is 4.70. The Morgan fingerprint density at radius 3 is 1.52 bits per heavy atom. The fraction of sp³-hybridized carbons (Fsp3) is 0.0562. The molecule has 13 aromatic carbocycles. The number of hydrogen-bond acceptors (Lipinski definition) is 2. The van der Waals surface area contributed by atoms with Gasteiger partial charge in [-0.2, -0.15) is 18.2 Å². The van der Waals surface area contributed by atoms with Crippen molar-refractivity contribution in [3.05, 3.63) is 344 Å². The molecule has 0 N–H and O–H groups in total. The summed E-state index contributed by atoms with van der Waals surface area (Å²) < 4.78 is 324. The Balaban J connectivity index is 0.0000128. The Morgan fingerprint density at radius 1 is 0.442 bits per heavy atom. The number of benzene rings is 13. The molecule has 0 aliphatic carbocycles. The molecular weight excluding hydrogens is 1340 g/mol. The van der Waals surface area contributed by atoms with E-state index in [-0.39, 0.29) is 77.2 Å². The molecule has 0 aliphatic rings. The van der Waals surface area contributed by atoms with Crippen LogP contribution in [-0.4, -0.2) is 14.1 Å². The topological polar surface area (TPSA) is 35.9 Å². The van der Waals surface area contributed by atoms with Crippen LogP contribution in [0.15, 0.2) is 315 Å². The third kappa shape index (κ3) is 11.7. The van der Waals surface area contributed by atoms with Crippen molar-refractivity contribution in [1.82, 2.24) is 14.1 Å². The Bertz CT molecular complexity index is 7020. The maximum atomic E-state index is 10.6. The smallest absolute Gasteiger partial charge is 0.268 e. The summed E-state index contributed by atoms with van der Waals surface area (Å²) in [7, 11) is 0. The van der Waals surface area contributed by atoms with Crippen LogP contribution in [0.4, 0.5) is 0 Å². The molecule has 0 unspecified atom stereocenters. The molecule has 0 bridgehead atoms. The van der Waals surface area contributed by atoms with E-state index in [0.29, 0.717) is 27.4 Å². The number of para-hydroxylation sites is 2. The predicted octanol–water partition coefficient (Wildman–Crippen LogP) is 22.5. The van der Waals surface area contributed by atoms with Gasteiger partial charge in [-0.3, -0.25) is 4.57 Å². The fourth-order valence-electron chi connectivity index (χ4n) is 11.3. The van der Waals surface area contributed by atoms with Crippen molar-refractivity contribution in [2.45, 2.75) is 33.0 Å². The Morgan fingerprint density at radius 2 is 0.958 bits per heavy atom. The Hall–Kier alpha value is -11.2. The minimum Gasteiger partial charge on any atom is -0.510 e. The molecule has 3 heterocycles. The maximum absolute atomic E-state index is 10.6. The quantitative estimate of drug-likeness (QED) is 0.0852. The monoisotopic (exact) mass is 1430 g/mol. The zero-order valence-electron chi connectivity index (χ0n) is 84.1. The van der Waals surface area contributed by atoms with Crippen molar-refractivity contribution < 1.29 is 77.0 Å². The molecule has 6 heteroatoms. The van der Waals surface area contributed by atoms with Gasteiger partial charge in [0, 0.05) is 54.0 Å². The van der Waals surface area contributed by atoms with Crippen LogP contribution < -0.4 is 9.30 Å². The normalized spacial score (nSPS) is 16.7. The van der Waals surface area contributed by atoms with Crippen LogP contribution in [0.2, 0.25) is 0 Å². The van der Waals surface area contributed by atoms with Gasteiger partial charge in [-0.25, -0.2) is 4.98 Å². The average Bonchev–Trinajstić information content (AvgIpc) is 1.68. The molecule has 458 valence electrons. The van der Waals surface area contributed by atoms with E-state index in [0.717, 1.165) is 11.8 Å². The second kappa shape index (κ2) is 25.3. The predicted molar refractivity (Wildman–Crippen MR) is 387 cm³/mol. The number of rotatable bonds is 13. The van der Waals surface area contributed by atoms with E-state index < -0.39 is 272 Å². The third-order valence-corrected chi connectivity index (χ3v) is 15.7. The summed E-state index contributed by atoms with van der Waals surface area (Å²) in [6.45, 7) is 3.14. The SMILES string of the molecule is [2H]c1c([2H])c([2H])c(-c2cnc(-n3c4[c-]c(Oc5[c-]c(-n6[c-][n+](-c7c(-c8c([2H])c(-c9c([2H])c([2H])c([2H])c([2H])c9[2H])c([2H])c(-c9c([2H])c([2H])c([2H])c([2H])c9[2H])c8[2H])cccc7-c7c([2H])c(-c8c([2H])c([2H])c([2H])c([2H])c8[2H])c([2H])c(-c8c([2H])c([2H])c([2H])c([2H])c8[2H])c7[2H])c7ccc(-c8ccc(C(C)(C)C)cc8)cc76)ccc5)ccc4c4ccccc43)cc2C([2H])([2H])[2H])c([2H])c1[2H].[Pt]. The van der Waals surface area contributed by atoms with Gasteiger partial charge in [-0.15, -0.1) is 29.7 Å². The summed E-state index contributed by atoms with van der Waals surface area (Å²) in [6, 6.07) is 10.6. The summed E-state index contributed by atoms with van der Waals surface area (Å²) in [5, 5.41) is 1.22. The van der Waals surface area contributed by atoms with Crippen LogP contribution in [0.3, 0.4) is 0 Å². The van der Waals surface area contributed by atoms with Gasteiger partial charge in [-0.1, -0.05) is 250 Å². The number of nitrogens with zero attached hydrogens (tertiary/aromatic N) is 4. The number of pyridine rings is 1. The summed E-state index contributed by atoms with van der Waals surface area (Å²) in [6.07, 6.45) is 4.53. The van der Waals surface area contributed by atoms with Crippen LogP contribution in [0.25, 0.3) is 139 Å². The summed E-state index contributed by atoms with van der Waals surface area (Å²) >= 11 is 0. The zero-order valence-corrected chi connectivity index (χ0v) is 52.4. The zero-order chi connectivity index (χ0) is 92.8. The van der Waals surface area contributed by atoms with E-state index >= 15 is 0 Å². The number of aryl methyl sites for hydroxylation is 1. The average molecular weight is 1430 g/mol. The molecule has 0 fully saturated rings. The molecule has 0 spiro atoms. The first-order valence-corrected chi connectivity index (χ1v) is 29.3. The first kappa shape index (κ1) is 33.1. The van der Waals surface area contributed by atoms with E-state index in [1.807, 2.05) is 51.1 Å². The van der Waals surface area contributed by atoms with Crippen LogP contribution >= 0.6 is 0 Å². The molecule has 95 heavy (non-hydrogen) atoms. The van der Waals surface area contributed by atoms with Crippen molar-refractivity contribution in [2.75, 3.05) is 0 Å². The number of hydrogen-bond donors (Lipinski definition) is 0.